The van der Waals surface area contributed by atoms with E-state index in [-0.39, 0.29) is 29.2 Å². The van der Waals surface area contributed by atoms with Gasteiger partial charge in [0.15, 0.2) is 0 Å². The Morgan fingerprint density at radius 2 is 0.979 bits per heavy atom. The average molecular weight is 641 g/mol. The van der Waals surface area contributed by atoms with Crippen LogP contribution in [0.3, 0.4) is 0 Å². The van der Waals surface area contributed by atoms with E-state index in [0.717, 1.165) is 92.8 Å². The molecule has 2 unspecified atom stereocenters. The van der Waals surface area contributed by atoms with Crippen LogP contribution >= 0.6 is 0 Å². The van der Waals surface area contributed by atoms with E-state index in [0.29, 0.717) is 0 Å². The van der Waals surface area contributed by atoms with Gasteiger partial charge in [-0.3, -0.25) is 9.59 Å². The van der Waals surface area contributed by atoms with Crippen molar-refractivity contribution in [3.05, 3.63) is 127 Å². The van der Waals surface area contributed by atoms with Gasteiger partial charge < -0.3 is 9.47 Å². The molecular weight excluding hydrogens is 592 g/mol. The SMILES string of the molecule is Cc1ccc(C)c(C2C(=O)Oc3c(C(C)C)cc(C4(c5cc(C(C)C)c6c(c5)C(c5cc(C)ccc5C)C(=O)O6)CCCCC4)cc32)c1. The highest BCUT2D eigenvalue weighted by Crippen LogP contribution is 2.54. The van der Waals surface area contributed by atoms with Gasteiger partial charge in [-0.25, -0.2) is 0 Å². The minimum Gasteiger partial charge on any atom is -0.425 e. The predicted molar refractivity (Wildman–Crippen MR) is 192 cm³/mol. The smallest absolute Gasteiger partial charge is 0.323 e. The van der Waals surface area contributed by atoms with E-state index in [9.17, 15) is 9.59 Å². The molecule has 7 rings (SSSR count). The summed E-state index contributed by atoms with van der Waals surface area (Å²) in [6.07, 6.45) is 5.45. The maximum atomic E-state index is 13.7. The van der Waals surface area contributed by atoms with Gasteiger partial charge in [0.25, 0.3) is 0 Å². The van der Waals surface area contributed by atoms with Crippen LogP contribution in [0, 0.1) is 27.7 Å². The fourth-order valence-electron chi connectivity index (χ4n) is 8.63. The summed E-state index contributed by atoms with van der Waals surface area (Å²) in [5.74, 6) is 0.533. The molecule has 0 radical (unpaired) electrons. The van der Waals surface area contributed by atoms with E-state index < -0.39 is 11.8 Å². The molecule has 4 aromatic rings. The highest BCUT2D eigenvalue weighted by atomic mass is 16.5. The average Bonchev–Trinajstić information content (AvgIpc) is 3.57. The molecule has 3 aliphatic rings. The first-order valence-corrected chi connectivity index (χ1v) is 17.8. The number of hydrogen-bond donors (Lipinski definition) is 0. The third-order valence-electron chi connectivity index (χ3n) is 11.3. The van der Waals surface area contributed by atoms with Gasteiger partial charge in [0.1, 0.15) is 23.3 Å². The molecule has 48 heavy (non-hydrogen) atoms. The third-order valence-corrected chi connectivity index (χ3v) is 11.3. The van der Waals surface area contributed by atoms with Crippen molar-refractivity contribution in [3.63, 3.8) is 0 Å². The molecule has 0 N–H and O–H groups in total. The lowest BCUT2D eigenvalue weighted by atomic mass is 9.63. The van der Waals surface area contributed by atoms with E-state index in [1.165, 1.54) is 17.5 Å². The van der Waals surface area contributed by atoms with E-state index in [4.69, 9.17) is 9.47 Å². The van der Waals surface area contributed by atoms with Crippen molar-refractivity contribution in [1.82, 2.24) is 0 Å². The minimum absolute atomic E-state index is 0.176. The van der Waals surface area contributed by atoms with Gasteiger partial charge in [0.2, 0.25) is 0 Å². The zero-order chi connectivity index (χ0) is 34.1. The molecule has 4 aromatic carbocycles. The first-order chi connectivity index (χ1) is 22.9. The minimum atomic E-state index is -0.455. The molecule has 0 aromatic heterocycles. The number of fused-ring (bicyclic) bond motifs is 2. The fraction of sp³-hybridized carbons (Fsp3) is 0.409. The maximum Gasteiger partial charge on any atom is 0.323 e. The van der Waals surface area contributed by atoms with E-state index in [1.54, 1.807) is 0 Å². The quantitative estimate of drug-likeness (QED) is 0.155. The Bertz CT molecular complexity index is 1820. The van der Waals surface area contributed by atoms with Crippen molar-refractivity contribution in [2.24, 2.45) is 0 Å². The van der Waals surface area contributed by atoms with E-state index in [1.807, 2.05) is 0 Å². The largest absolute Gasteiger partial charge is 0.425 e. The summed E-state index contributed by atoms with van der Waals surface area (Å²) in [4.78, 5) is 27.5. The zero-order valence-electron chi connectivity index (χ0n) is 29.8. The summed E-state index contributed by atoms with van der Waals surface area (Å²) in [5, 5.41) is 0. The summed E-state index contributed by atoms with van der Waals surface area (Å²) in [7, 11) is 0. The van der Waals surface area contributed by atoms with Crippen molar-refractivity contribution in [1.29, 1.82) is 0 Å². The molecule has 1 fully saturated rings. The second-order valence-electron chi connectivity index (χ2n) is 15.3. The normalized spacial score (nSPS) is 19.8. The second-order valence-corrected chi connectivity index (χ2v) is 15.3. The Balaban J connectivity index is 1.47. The first-order valence-electron chi connectivity index (χ1n) is 17.8. The van der Waals surface area contributed by atoms with Crippen LogP contribution in [0.5, 0.6) is 11.5 Å². The molecule has 0 saturated heterocycles. The molecular formula is C44H48O4. The number of ether oxygens (including phenoxy) is 2. The highest BCUT2D eigenvalue weighted by Gasteiger charge is 2.45. The third kappa shape index (κ3) is 5.19. The van der Waals surface area contributed by atoms with Crippen molar-refractivity contribution in [2.45, 2.75) is 117 Å². The predicted octanol–water partition coefficient (Wildman–Crippen LogP) is 10.5. The Kier molecular flexibility index (Phi) is 8.13. The fourth-order valence-corrected chi connectivity index (χ4v) is 8.63. The Morgan fingerprint density at radius 3 is 1.38 bits per heavy atom. The van der Waals surface area contributed by atoms with Crippen LogP contribution in [0.15, 0.2) is 60.7 Å². The number of esters is 2. The Labute approximate surface area is 285 Å². The van der Waals surface area contributed by atoms with Gasteiger partial charge in [-0.15, -0.1) is 0 Å². The number of hydrogen-bond acceptors (Lipinski definition) is 4. The molecule has 2 heterocycles. The van der Waals surface area contributed by atoms with Crippen molar-refractivity contribution >= 4 is 11.9 Å². The first kappa shape index (κ1) is 32.4. The summed E-state index contributed by atoms with van der Waals surface area (Å²) in [5.41, 5.74) is 12.9. The number of benzene rings is 4. The van der Waals surface area contributed by atoms with Crippen molar-refractivity contribution < 1.29 is 19.1 Å². The summed E-state index contributed by atoms with van der Waals surface area (Å²) >= 11 is 0. The molecule has 1 saturated carbocycles. The number of aryl methyl sites for hydroxylation is 4. The lowest BCUT2D eigenvalue weighted by Crippen LogP contribution is -2.31. The monoisotopic (exact) mass is 640 g/mol. The lowest BCUT2D eigenvalue weighted by Gasteiger charge is -2.40. The van der Waals surface area contributed by atoms with Gasteiger partial charge >= 0.3 is 11.9 Å². The Morgan fingerprint density at radius 1 is 0.562 bits per heavy atom. The molecule has 2 aliphatic heterocycles. The van der Waals surface area contributed by atoms with E-state index in [2.05, 4.69) is 116 Å². The molecule has 0 amide bonds. The van der Waals surface area contributed by atoms with Gasteiger partial charge in [0.05, 0.1) is 0 Å². The molecule has 248 valence electrons. The second kappa shape index (κ2) is 12.1. The highest BCUT2D eigenvalue weighted by molar-refractivity contribution is 5.92. The van der Waals surface area contributed by atoms with E-state index >= 15 is 0 Å². The number of carbonyl (C=O) groups is 2. The summed E-state index contributed by atoms with van der Waals surface area (Å²) < 4.78 is 12.3. The van der Waals surface area contributed by atoms with Gasteiger partial charge in [-0.1, -0.05) is 107 Å². The molecule has 0 spiro atoms. The van der Waals surface area contributed by atoms with Crippen LogP contribution in [0.1, 0.15) is 150 Å². The molecule has 2 atom stereocenters. The van der Waals surface area contributed by atoms with Gasteiger partial charge in [0, 0.05) is 16.5 Å². The topological polar surface area (TPSA) is 52.6 Å². The summed E-state index contributed by atoms with van der Waals surface area (Å²) in [6.45, 7) is 17.1. The number of carbonyl (C=O) groups excluding carboxylic acids is 2. The standard InChI is InChI=1S/C44H48O4/c1-24(2)32-20-30(22-36-38(42(45)47-40(32)36)34-18-26(5)12-14-28(34)7)44(16-10-9-11-17-44)31-21-33(25(3)4)41-37(23-31)39(43(46)48-41)35-19-27(6)13-15-29(35)8/h12-15,18-25,38-39H,9-11,16-17H2,1-8H3. The van der Waals surface area contributed by atoms with Crippen LogP contribution in [0.25, 0.3) is 0 Å². The van der Waals surface area contributed by atoms with Crippen LogP contribution in [0.2, 0.25) is 0 Å². The number of rotatable bonds is 6. The Hall–Kier alpha value is -4.18. The molecule has 4 heteroatoms. The molecule has 1 aliphatic carbocycles. The van der Waals surface area contributed by atoms with Crippen LogP contribution < -0.4 is 9.47 Å². The van der Waals surface area contributed by atoms with Crippen LogP contribution in [-0.4, -0.2) is 11.9 Å². The van der Waals surface area contributed by atoms with Gasteiger partial charge in [-0.05, 0) is 109 Å². The van der Waals surface area contributed by atoms with Crippen molar-refractivity contribution in [2.75, 3.05) is 0 Å². The molecule has 4 nitrogen and oxygen atoms in total. The molecule has 0 bridgehead atoms. The lowest BCUT2D eigenvalue weighted by molar-refractivity contribution is -0.134. The summed E-state index contributed by atoms with van der Waals surface area (Å²) in [6, 6.07) is 22.0. The van der Waals surface area contributed by atoms with Crippen molar-refractivity contribution in [3.8, 4) is 11.5 Å². The van der Waals surface area contributed by atoms with Crippen LogP contribution in [0.4, 0.5) is 0 Å². The van der Waals surface area contributed by atoms with Gasteiger partial charge in [-0.2, -0.15) is 0 Å². The zero-order valence-corrected chi connectivity index (χ0v) is 29.8. The van der Waals surface area contributed by atoms with Crippen LogP contribution in [-0.2, 0) is 15.0 Å². The maximum absolute atomic E-state index is 13.7.